The summed E-state index contributed by atoms with van der Waals surface area (Å²) in [4.78, 5) is 4.99. The van der Waals surface area contributed by atoms with Crippen LogP contribution in [0.4, 0.5) is 22.7 Å². The van der Waals surface area contributed by atoms with Crippen LogP contribution in [-0.2, 0) is 22.7 Å². The van der Waals surface area contributed by atoms with Crippen LogP contribution in [-0.4, -0.2) is 9.55 Å². The first kappa shape index (κ1) is 37.8. The molecule has 8 aromatic rings. The molecule has 0 aliphatic heterocycles. The Balaban J connectivity index is 1.17. The normalized spacial score (nSPS) is 12.3. The average Bonchev–Trinajstić information content (AvgIpc) is 3.52. The zero-order valence-corrected chi connectivity index (χ0v) is 34.6. The van der Waals surface area contributed by atoms with E-state index in [9.17, 15) is 0 Å². The molecule has 0 spiro atoms. The fraction of sp³-hybridized carbons (Fsp3) is 0.226. The van der Waals surface area contributed by atoms with E-state index in [4.69, 9.17) is 4.98 Å². The Hall–Kier alpha value is -6.13. The van der Waals surface area contributed by atoms with Crippen molar-refractivity contribution in [2.45, 2.75) is 78.1 Å². The first-order valence-corrected chi connectivity index (χ1v) is 20.2. The Morgan fingerprint density at radius 1 is 0.474 bits per heavy atom. The average molecular weight is 747 g/mol. The monoisotopic (exact) mass is 746 g/mol. The number of pyridine rings is 1. The number of fused-ring (bicyclic) bond motifs is 3. The van der Waals surface area contributed by atoms with Crippen molar-refractivity contribution in [2.24, 2.45) is 0 Å². The third-order valence-corrected chi connectivity index (χ3v) is 11.4. The van der Waals surface area contributed by atoms with E-state index >= 15 is 0 Å². The quantitative estimate of drug-likeness (QED) is 0.155. The van der Waals surface area contributed by atoms with E-state index < -0.39 is 0 Å². The Kier molecular flexibility index (Phi) is 9.77. The highest BCUT2D eigenvalue weighted by Gasteiger charge is 2.25. The number of nitrogens with one attached hydrogen (secondary N) is 2. The lowest BCUT2D eigenvalue weighted by Gasteiger charge is -2.26. The summed E-state index contributed by atoms with van der Waals surface area (Å²) in [5.74, 6) is 0.929. The highest BCUT2D eigenvalue weighted by atomic mass is 15.1. The van der Waals surface area contributed by atoms with E-state index in [-0.39, 0.29) is 16.2 Å². The Morgan fingerprint density at radius 2 is 1.12 bits per heavy atom. The molecule has 2 aromatic heterocycles. The van der Waals surface area contributed by atoms with Gasteiger partial charge in [-0.3, -0.25) is 4.57 Å². The molecule has 0 fully saturated rings. The van der Waals surface area contributed by atoms with E-state index in [1.807, 2.05) is 6.20 Å². The number of nitrogens with zero attached hydrogens (tertiary/aromatic N) is 2. The summed E-state index contributed by atoms with van der Waals surface area (Å²) in [6.45, 7) is 18.2. The van der Waals surface area contributed by atoms with Crippen molar-refractivity contribution < 1.29 is 0 Å². The standard InChI is InChI=1S/C53H54N4/c1-51(2,3)40-31-37(32-41(34-40)55-46-23-15-16-24-47(46)56-45-22-14-13-21-44(45)52(4,5)6)30-36-26-27-43-42-20-12-17-25-48(42)57(49(43)33-36)50-35-39(28-29-54-50)53(7,8)38-18-10-9-11-19-38/h9-29,31-35,55-56H,30H2,1-8H3. The molecule has 0 atom stereocenters. The molecule has 2 heterocycles. The summed E-state index contributed by atoms with van der Waals surface area (Å²) in [5.41, 5.74) is 14.0. The van der Waals surface area contributed by atoms with Crippen LogP contribution >= 0.6 is 0 Å². The topological polar surface area (TPSA) is 41.9 Å². The van der Waals surface area contributed by atoms with E-state index in [1.165, 1.54) is 44.2 Å². The molecule has 286 valence electrons. The molecule has 0 aliphatic carbocycles. The number of hydrogen-bond donors (Lipinski definition) is 2. The SMILES string of the molecule is CC(C)(C)c1cc(Cc2ccc3c4ccccc4n(-c4cc(C(C)(C)c5ccccc5)ccn4)c3c2)cc(Nc2ccccc2Nc2ccccc2C(C)(C)C)c1. The maximum Gasteiger partial charge on any atom is 0.137 e. The minimum atomic E-state index is -0.180. The van der Waals surface area contributed by atoms with Crippen molar-refractivity contribution in [1.29, 1.82) is 0 Å². The van der Waals surface area contributed by atoms with Crippen LogP contribution in [0, 0.1) is 0 Å². The summed E-state index contributed by atoms with van der Waals surface area (Å²) >= 11 is 0. The molecule has 0 bridgehead atoms. The highest BCUT2D eigenvalue weighted by molar-refractivity contribution is 6.09. The Bertz CT molecular complexity index is 2700. The fourth-order valence-electron chi connectivity index (χ4n) is 8.11. The molecule has 0 radical (unpaired) electrons. The number of aromatic nitrogens is 2. The van der Waals surface area contributed by atoms with E-state index in [0.717, 1.165) is 46.0 Å². The molecule has 0 unspecified atom stereocenters. The van der Waals surface area contributed by atoms with Crippen LogP contribution in [0.3, 0.4) is 0 Å². The number of rotatable bonds is 9. The van der Waals surface area contributed by atoms with Gasteiger partial charge in [0.05, 0.1) is 22.4 Å². The van der Waals surface area contributed by atoms with Gasteiger partial charge < -0.3 is 10.6 Å². The number of benzene rings is 6. The first-order chi connectivity index (χ1) is 27.3. The minimum Gasteiger partial charge on any atom is -0.354 e. The zero-order chi connectivity index (χ0) is 40.0. The molecule has 6 aromatic carbocycles. The predicted molar refractivity (Wildman–Crippen MR) is 243 cm³/mol. The van der Waals surface area contributed by atoms with Gasteiger partial charge in [0.25, 0.3) is 0 Å². The van der Waals surface area contributed by atoms with Crippen molar-refractivity contribution in [2.75, 3.05) is 10.6 Å². The molecule has 0 aliphatic rings. The van der Waals surface area contributed by atoms with Gasteiger partial charge in [0.15, 0.2) is 0 Å². The second-order valence-corrected chi connectivity index (χ2v) is 18.0. The Morgan fingerprint density at radius 3 is 1.86 bits per heavy atom. The van der Waals surface area contributed by atoms with Gasteiger partial charge in [-0.2, -0.15) is 0 Å². The van der Waals surface area contributed by atoms with Gasteiger partial charge in [-0.25, -0.2) is 4.98 Å². The van der Waals surface area contributed by atoms with Crippen LogP contribution in [0.15, 0.2) is 158 Å². The maximum atomic E-state index is 4.99. The molecule has 0 saturated carbocycles. The largest absolute Gasteiger partial charge is 0.354 e. The molecule has 4 nitrogen and oxygen atoms in total. The molecular weight excluding hydrogens is 693 g/mol. The van der Waals surface area contributed by atoms with Crippen molar-refractivity contribution in [3.05, 3.63) is 191 Å². The van der Waals surface area contributed by atoms with Crippen LogP contribution in [0.2, 0.25) is 0 Å². The summed E-state index contributed by atoms with van der Waals surface area (Å²) in [6.07, 6.45) is 2.76. The van der Waals surface area contributed by atoms with Crippen LogP contribution in [0.25, 0.3) is 27.6 Å². The number of hydrogen-bond acceptors (Lipinski definition) is 3. The molecular formula is C53H54N4. The highest BCUT2D eigenvalue weighted by Crippen LogP contribution is 2.38. The van der Waals surface area contributed by atoms with Gasteiger partial charge in [0, 0.05) is 33.8 Å². The second-order valence-electron chi connectivity index (χ2n) is 18.0. The molecule has 2 N–H and O–H groups in total. The zero-order valence-electron chi connectivity index (χ0n) is 34.6. The summed E-state index contributed by atoms with van der Waals surface area (Å²) in [7, 11) is 0. The van der Waals surface area contributed by atoms with Gasteiger partial charge in [-0.05, 0) is 105 Å². The van der Waals surface area contributed by atoms with Gasteiger partial charge >= 0.3 is 0 Å². The second kappa shape index (κ2) is 14.7. The fourth-order valence-corrected chi connectivity index (χ4v) is 8.11. The molecule has 0 amide bonds. The van der Waals surface area contributed by atoms with Crippen molar-refractivity contribution in [1.82, 2.24) is 9.55 Å². The molecule has 4 heteroatoms. The van der Waals surface area contributed by atoms with Gasteiger partial charge in [0.2, 0.25) is 0 Å². The van der Waals surface area contributed by atoms with E-state index in [1.54, 1.807) is 0 Å². The van der Waals surface area contributed by atoms with Gasteiger partial charge in [-0.1, -0.05) is 152 Å². The van der Waals surface area contributed by atoms with Crippen LogP contribution in [0.1, 0.15) is 88.8 Å². The molecule has 0 saturated heterocycles. The number of anilines is 4. The minimum absolute atomic E-state index is 0.0130. The number of para-hydroxylation sites is 4. The smallest absolute Gasteiger partial charge is 0.137 e. The maximum absolute atomic E-state index is 4.99. The van der Waals surface area contributed by atoms with Crippen molar-refractivity contribution in [3.63, 3.8) is 0 Å². The Labute approximate surface area is 338 Å². The lowest BCUT2D eigenvalue weighted by atomic mass is 9.78. The molecule has 8 rings (SSSR count). The lowest BCUT2D eigenvalue weighted by Crippen LogP contribution is -2.19. The lowest BCUT2D eigenvalue weighted by molar-refractivity contribution is 0.589. The predicted octanol–water partition coefficient (Wildman–Crippen LogP) is 14.2. The van der Waals surface area contributed by atoms with Crippen LogP contribution < -0.4 is 10.6 Å². The summed E-state index contributed by atoms with van der Waals surface area (Å²) in [5, 5.41) is 10.0. The van der Waals surface area contributed by atoms with Gasteiger partial charge in [-0.15, -0.1) is 0 Å². The molecule has 57 heavy (non-hydrogen) atoms. The van der Waals surface area contributed by atoms with E-state index in [2.05, 4.69) is 222 Å². The van der Waals surface area contributed by atoms with Crippen molar-refractivity contribution in [3.8, 4) is 5.82 Å². The first-order valence-electron chi connectivity index (χ1n) is 20.2. The van der Waals surface area contributed by atoms with E-state index in [0.29, 0.717) is 0 Å². The third kappa shape index (κ3) is 7.69. The summed E-state index contributed by atoms with van der Waals surface area (Å²) in [6, 6.07) is 54.9. The van der Waals surface area contributed by atoms with Crippen LogP contribution in [0.5, 0.6) is 0 Å². The summed E-state index contributed by atoms with van der Waals surface area (Å²) < 4.78 is 2.35. The van der Waals surface area contributed by atoms with Gasteiger partial charge in [0.1, 0.15) is 5.82 Å². The third-order valence-electron chi connectivity index (χ3n) is 11.4. The van der Waals surface area contributed by atoms with Crippen molar-refractivity contribution >= 4 is 44.6 Å².